The average molecular weight is 300 g/mol. The second-order valence-corrected chi connectivity index (χ2v) is 4.17. The molecule has 2 amide bonds. The van der Waals surface area contributed by atoms with Gasteiger partial charge in [0.2, 0.25) is 6.39 Å². The van der Waals surface area contributed by atoms with Crippen molar-refractivity contribution in [3.05, 3.63) is 12.2 Å². The molecule has 0 aromatic carbocycles. The summed E-state index contributed by atoms with van der Waals surface area (Å²) in [5.41, 5.74) is 0. The number of aliphatic carboxylic acids is 2. The Morgan fingerprint density at radius 3 is 2.67 bits per heavy atom. The second-order valence-electron chi connectivity index (χ2n) is 4.17. The van der Waals surface area contributed by atoms with E-state index in [0.717, 1.165) is 6.39 Å². The third kappa shape index (κ3) is 6.89. The molecular weight excluding hydrogens is 284 g/mol. The summed E-state index contributed by atoms with van der Waals surface area (Å²) in [5.74, 6) is -1.80. The Labute approximate surface area is 119 Å². The van der Waals surface area contributed by atoms with Crippen LogP contribution >= 0.6 is 0 Å². The first-order chi connectivity index (χ1) is 9.99. The highest BCUT2D eigenvalue weighted by atomic mass is 16.5. The van der Waals surface area contributed by atoms with E-state index >= 15 is 0 Å². The van der Waals surface area contributed by atoms with Gasteiger partial charge >= 0.3 is 18.0 Å². The summed E-state index contributed by atoms with van der Waals surface area (Å²) in [6, 6.07) is -1.78. The number of urea groups is 1. The largest absolute Gasteiger partial charge is 0.481 e. The molecule has 0 spiro atoms. The maximum absolute atomic E-state index is 11.5. The Bertz CT molecular complexity index is 475. The molecule has 0 saturated heterocycles. The molecule has 10 heteroatoms. The lowest BCUT2D eigenvalue weighted by molar-refractivity contribution is -0.140. The Morgan fingerprint density at radius 2 is 2.10 bits per heavy atom. The van der Waals surface area contributed by atoms with Crippen molar-refractivity contribution in [3.63, 3.8) is 0 Å². The standard InChI is InChI=1S/C11H16N4O6/c16-9(17)3-1-2-7(10(18)19)14-11(20)12-5-4-8-13-6-21-15-8/h6-7H,1-5H2,(H,16,17)(H,18,19)(H2,12,14,20)/t7-/m1/s1. The molecule has 1 aromatic heterocycles. The Hall–Kier alpha value is -2.65. The summed E-state index contributed by atoms with van der Waals surface area (Å²) in [6.45, 7) is 0.215. The Kier molecular flexibility index (Phi) is 6.65. The van der Waals surface area contributed by atoms with Crippen LogP contribution in [-0.4, -0.2) is 50.9 Å². The molecule has 0 aliphatic carbocycles. The first kappa shape index (κ1) is 16.4. The van der Waals surface area contributed by atoms with E-state index in [9.17, 15) is 14.4 Å². The van der Waals surface area contributed by atoms with Crippen molar-refractivity contribution < 1.29 is 29.1 Å². The van der Waals surface area contributed by atoms with Crippen LogP contribution in [0.25, 0.3) is 0 Å². The number of aromatic nitrogens is 2. The molecule has 0 radical (unpaired) electrons. The van der Waals surface area contributed by atoms with Crippen LogP contribution in [0.3, 0.4) is 0 Å². The van der Waals surface area contributed by atoms with Crippen molar-refractivity contribution in [2.75, 3.05) is 6.54 Å². The fourth-order valence-electron chi connectivity index (χ4n) is 1.51. The molecule has 0 aliphatic rings. The summed E-state index contributed by atoms with van der Waals surface area (Å²) in [6.07, 6.45) is 1.57. The third-order valence-corrected chi connectivity index (χ3v) is 2.53. The summed E-state index contributed by atoms with van der Waals surface area (Å²) >= 11 is 0. The molecule has 0 aliphatic heterocycles. The topological polar surface area (TPSA) is 155 Å². The van der Waals surface area contributed by atoms with Crippen molar-refractivity contribution >= 4 is 18.0 Å². The fourth-order valence-corrected chi connectivity index (χ4v) is 1.51. The SMILES string of the molecule is O=C(O)CCC[C@@H](NC(=O)NCCc1ncon1)C(=O)O. The van der Waals surface area contributed by atoms with Gasteiger partial charge in [-0.3, -0.25) is 4.79 Å². The number of hydrogen-bond acceptors (Lipinski definition) is 6. The molecule has 10 nitrogen and oxygen atoms in total. The van der Waals surface area contributed by atoms with Crippen LogP contribution in [0.5, 0.6) is 0 Å². The van der Waals surface area contributed by atoms with Gasteiger partial charge in [-0.05, 0) is 12.8 Å². The minimum atomic E-state index is -1.21. The highest BCUT2D eigenvalue weighted by Gasteiger charge is 2.19. The number of carboxylic acid groups (broad SMARTS) is 2. The highest BCUT2D eigenvalue weighted by Crippen LogP contribution is 2.01. The van der Waals surface area contributed by atoms with E-state index in [1.165, 1.54) is 0 Å². The summed E-state index contributed by atoms with van der Waals surface area (Å²) in [4.78, 5) is 36.6. The minimum Gasteiger partial charge on any atom is -0.481 e. The predicted molar refractivity (Wildman–Crippen MR) is 67.4 cm³/mol. The Morgan fingerprint density at radius 1 is 1.33 bits per heavy atom. The van der Waals surface area contributed by atoms with E-state index in [1.807, 2.05) is 0 Å². The van der Waals surface area contributed by atoms with Gasteiger partial charge in [-0.1, -0.05) is 5.16 Å². The molecule has 1 rings (SSSR count). The number of nitrogens with zero attached hydrogens (tertiary/aromatic N) is 2. The fraction of sp³-hybridized carbons (Fsp3) is 0.545. The normalized spacial score (nSPS) is 11.6. The molecule has 1 atom stereocenters. The van der Waals surface area contributed by atoms with Gasteiger partial charge in [0.25, 0.3) is 0 Å². The maximum atomic E-state index is 11.5. The van der Waals surface area contributed by atoms with Gasteiger partial charge in [0.15, 0.2) is 5.82 Å². The van der Waals surface area contributed by atoms with Crippen LogP contribution in [0.2, 0.25) is 0 Å². The van der Waals surface area contributed by atoms with Crippen molar-refractivity contribution in [2.45, 2.75) is 31.7 Å². The monoisotopic (exact) mass is 300 g/mol. The molecule has 0 bridgehead atoms. The minimum absolute atomic E-state index is 0.0416. The highest BCUT2D eigenvalue weighted by molar-refractivity contribution is 5.82. The van der Waals surface area contributed by atoms with Crippen molar-refractivity contribution in [1.82, 2.24) is 20.8 Å². The van der Waals surface area contributed by atoms with E-state index in [0.29, 0.717) is 12.2 Å². The van der Waals surface area contributed by atoms with Gasteiger partial charge in [0.1, 0.15) is 6.04 Å². The molecule has 4 N–H and O–H groups in total. The van der Waals surface area contributed by atoms with Gasteiger partial charge in [0.05, 0.1) is 0 Å². The third-order valence-electron chi connectivity index (χ3n) is 2.53. The lowest BCUT2D eigenvalue weighted by Crippen LogP contribution is -2.46. The average Bonchev–Trinajstić information content (AvgIpc) is 2.90. The van der Waals surface area contributed by atoms with Crippen molar-refractivity contribution in [3.8, 4) is 0 Å². The molecule has 0 unspecified atom stereocenters. The Balaban J connectivity index is 2.27. The van der Waals surface area contributed by atoms with E-state index in [-0.39, 0.29) is 25.8 Å². The van der Waals surface area contributed by atoms with Crippen LogP contribution in [0, 0.1) is 0 Å². The van der Waals surface area contributed by atoms with Crippen LogP contribution < -0.4 is 10.6 Å². The predicted octanol–water partition coefficient (Wildman–Crippen LogP) is -0.381. The van der Waals surface area contributed by atoms with Gasteiger partial charge in [-0.2, -0.15) is 4.98 Å². The van der Waals surface area contributed by atoms with Crippen LogP contribution in [0.4, 0.5) is 4.79 Å². The molecule has 1 heterocycles. The molecule has 0 fully saturated rings. The number of carbonyl (C=O) groups is 3. The zero-order valence-corrected chi connectivity index (χ0v) is 11.1. The zero-order chi connectivity index (χ0) is 15.7. The lowest BCUT2D eigenvalue weighted by atomic mass is 10.1. The molecule has 0 saturated carbocycles. The van der Waals surface area contributed by atoms with Crippen molar-refractivity contribution in [1.29, 1.82) is 0 Å². The zero-order valence-electron chi connectivity index (χ0n) is 11.1. The van der Waals surface area contributed by atoms with Gasteiger partial charge in [0, 0.05) is 19.4 Å². The van der Waals surface area contributed by atoms with E-state index in [1.54, 1.807) is 0 Å². The van der Waals surface area contributed by atoms with Crippen LogP contribution in [0.15, 0.2) is 10.9 Å². The smallest absolute Gasteiger partial charge is 0.326 e. The number of hydrogen-bond donors (Lipinski definition) is 4. The molecule has 1 aromatic rings. The lowest BCUT2D eigenvalue weighted by Gasteiger charge is -2.14. The molecular formula is C11H16N4O6. The second kappa shape index (κ2) is 8.51. The summed E-state index contributed by atoms with van der Waals surface area (Å²) < 4.78 is 4.52. The first-order valence-electron chi connectivity index (χ1n) is 6.23. The van der Waals surface area contributed by atoms with E-state index < -0.39 is 24.0 Å². The maximum Gasteiger partial charge on any atom is 0.326 e. The molecule has 21 heavy (non-hydrogen) atoms. The number of rotatable bonds is 9. The summed E-state index contributed by atoms with van der Waals surface area (Å²) in [7, 11) is 0. The van der Waals surface area contributed by atoms with Crippen LogP contribution in [-0.2, 0) is 16.0 Å². The first-order valence-corrected chi connectivity index (χ1v) is 6.23. The van der Waals surface area contributed by atoms with Gasteiger partial charge in [-0.15, -0.1) is 0 Å². The van der Waals surface area contributed by atoms with E-state index in [4.69, 9.17) is 10.2 Å². The number of carbonyl (C=O) groups excluding carboxylic acids is 1. The van der Waals surface area contributed by atoms with Gasteiger partial charge < -0.3 is 25.4 Å². The van der Waals surface area contributed by atoms with Crippen LogP contribution in [0.1, 0.15) is 25.1 Å². The number of nitrogens with one attached hydrogen (secondary N) is 2. The van der Waals surface area contributed by atoms with Gasteiger partial charge in [-0.25, -0.2) is 9.59 Å². The van der Waals surface area contributed by atoms with E-state index in [2.05, 4.69) is 25.3 Å². The number of carboxylic acids is 2. The molecule has 116 valence electrons. The number of amides is 2. The summed E-state index contributed by atoms with van der Waals surface area (Å²) in [5, 5.41) is 25.7. The quantitative estimate of drug-likeness (QED) is 0.481. The van der Waals surface area contributed by atoms with Crippen molar-refractivity contribution in [2.24, 2.45) is 0 Å².